The maximum Gasteiger partial charge on any atom is 0.308 e. The van der Waals surface area contributed by atoms with E-state index in [1.165, 1.54) is 6.92 Å². The van der Waals surface area contributed by atoms with Crippen LogP contribution in [0.4, 0.5) is 0 Å². The normalized spacial score (nSPS) is 10.1. The lowest BCUT2D eigenvalue weighted by Crippen LogP contribution is -2.01. The average molecular weight is 212 g/mol. The van der Waals surface area contributed by atoms with Crippen molar-refractivity contribution in [2.75, 3.05) is 0 Å². The summed E-state index contributed by atoms with van der Waals surface area (Å²) in [5, 5.41) is 1.96. The lowest BCUT2D eigenvalue weighted by molar-refractivity contribution is -0.131. The summed E-state index contributed by atoms with van der Waals surface area (Å²) in [6.07, 6.45) is 1.79. The molecule has 0 unspecified atom stereocenters. The molecule has 2 heteroatoms. The molecular weight excluding hydrogens is 200 g/mol. The Kier molecular flexibility index (Phi) is 2.73. The zero-order valence-corrected chi connectivity index (χ0v) is 9.07. The van der Waals surface area contributed by atoms with Crippen LogP contribution in [-0.2, 0) is 4.79 Å². The molecule has 2 nitrogen and oxygen atoms in total. The minimum atomic E-state index is -0.309. The van der Waals surface area contributed by atoms with Crippen molar-refractivity contribution in [3.8, 4) is 5.75 Å². The van der Waals surface area contributed by atoms with E-state index in [2.05, 4.69) is 6.58 Å². The van der Waals surface area contributed by atoms with Crippen molar-refractivity contribution in [1.82, 2.24) is 0 Å². The van der Waals surface area contributed by atoms with Crippen LogP contribution in [0.25, 0.3) is 16.8 Å². The molecule has 0 aliphatic heterocycles. The van der Waals surface area contributed by atoms with E-state index in [0.717, 1.165) is 16.3 Å². The van der Waals surface area contributed by atoms with Gasteiger partial charge in [-0.15, -0.1) is 0 Å². The second-order valence-corrected chi connectivity index (χ2v) is 3.50. The standard InChI is InChI=1S/C14H12O2/c1-3-11-8-9-14(16-10(2)15)13-7-5-4-6-12(11)13/h3-9H,1H2,2H3. The van der Waals surface area contributed by atoms with Gasteiger partial charge in [-0.25, -0.2) is 0 Å². The summed E-state index contributed by atoms with van der Waals surface area (Å²) in [7, 11) is 0. The molecule has 0 bridgehead atoms. The first kappa shape index (κ1) is 10.4. The second-order valence-electron chi connectivity index (χ2n) is 3.50. The fraction of sp³-hybridized carbons (Fsp3) is 0.0714. The summed E-state index contributed by atoms with van der Waals surface area (Å²) in [6, 6.07) is 11.5. The van der Waals surface area contributed by atoms with Gasteiger partial charge in [-0.1, -0.05) is 43.0 Å². The Balaban J connectivity index is 2.69. The van der Waals surface area contributed by atoms with Gasteiger partial charge >= 0.3 is 5.97 Å². The summed E-state index contributed by atoms with van der Waals surface area (Å²) < 4.78 is 5.15. The first-order valence-corrected chi connectivity index (χ1v) is 5.05. The Hall–Kier alpha value is -2.09. The lowest BCUT2D eigenvalue weighted by Gasteiger charge is -2.08. The Morgan fingerprint density at radius 3 is 2.50 bits per heavy atom. The third-order valence-corrected chi connectivity index (χ3v) is 2.39. The van der Waals surface area contributed by atoms with Crippen molar-refractivity contribution in [2.45, 2.75) is 6.92 Å². The molecule has 0 radical (unpaired) electrons. The van der Waals surface area contributed by atoms with Gasteiger partial charge in [0.2, 0.25) is 0 Å². The van der Waals surface area contributed by atoms with Crippen LogP contribution in [0.3, 0.4) is 0 Å². The molecule has 0 fully saturated rings. The number of benzene rings is 2. The number of carbonyl (C=O) groups is 1. The first-order chi connectivity index (χ1) is 7.72. The molecule has 0 aromatic heterocycles. The van der Waals surface area contributed by atoms with Crippen LogP contribution in [-0.4, -0.2) is 5.97 Å². The Morgan fingerprint density at radius 2 is 1.88 bits per heavy atom. The quantitative estimate of drug-likeness (QED) is 0.563. The smallest absolute Gasteiger partial charge is 0.308 e. The van der Waals surface area contributed by atoms with Crippen LogP contribution in [0.1, 0.15) is 12.5 Å². The average Bonchev–Trinajstić information content (AvgIpc) is 2.29. The molecule has 16 heavy (non-hydrogen) atoms. The van der Waals surface area contributed by atoms with Crippen molar-refractivity contribution >= 4 is 22.8 Å². The van der Waals surface area contributed by atoms with E-state index in [-0.39, 0.29) is 5.97 Å². The molecule has 2 aromatic carbocycles. The molecule has 0 N–H and O–H groups in total. The summed E-state index contributed by atoms with van der Waals surface area (Å²) in [5.41, 5.74) is 1.03. The fourth-order valence-electron chi connectivity index (χ4n) is 1.72. The SMILES string of the molecule is C=Cc1ccc(OC(C)=O)c2ccccc12. The Labute approximate surface area is 94.2 Å². The highest BCUT2D eigenvalue weighted by Gasteiger charge is 2.06. The number of carbonyl (C=O) groups excluding carboxylic acids is 1. The van der Waals surface area contributed by atoms with Gasteiger partial charge in [-0.3, -0.25) is 4.79 Å². The molecule has 0 saturated heterocycles. The van der Waals surface area contributed by atoms with E-state index in [9.17, 15) is 4.79 Å². The van der Waals surface area contributed by atoms with Gasteiger partial charge < -0.3 is 4.74 Å². The lowest BCUT2D eigenvalue weighted by atomic mass is 10.0. The van der Waals surface area contributed by atoms with Crippen LogP contribution in [0.5, 0.6) is 5.75 Å². The molecule has 0 aliphatic carbocycles. The summed E-state index contributed by atoms with van der Waals surface area (Å²) >= 11 is 0. The van der Waals surface area contributed by atoms with E-state index in [0.29, 0.717) is 5.75 Å². The summed E-state index contributed by atoms with van der Waals surface area (Å²) in [6.45, 7) is 5.16. The molecular formula is C14H12O2. The molecule has 0 amide bonds. The minimum Gasteiger partial charge on any atom is -0.426 e. The highest BCUT2D eigenvalue weighted by Crippen LogP contribution is 2.29. The van der Waals surface area contributed by atoms with Crippen LogP contribution < -0.4 is 4.74 Å². The van der Waals surface area contributed by atoms with E-state index in [1.807, 2.05) is 30.3 Å². The number of esters is 1. The number of hydrogen-bond donors (Lipinski definition) is 0. The first-order valence-electron chi connectivity index (χ1n) is 5.05. The largest absolute Gasteiger partial charge is 0.426 e. The van der Waals surface area contributed by atoms with Gasteiger partial charge in [-0.05, 0) is 17.0 Å². The molecule has 2 aromatic rings. The van der Waals surface area contributed by atoms with Crippen molar-refractivity contribution < 1.29 is 9.53 Å². The van der Waals surface area contributed by atoms with E-state index >= 15 is 0 Å². The third-order valence-electron chi connectivity index (χ3n) is 2.39. The molecule has 0 atom stereocenters. The van der Waals surface area contributed by atoms with Crippen LogP contribution in [0, 0.1) is 0 Å². The van der Waals surface area contributed by atoms with E-state index in [1.54, 1.807) is 12.1 Å². The third kappa shape index (κ3) is 1.82. The number of hydrogen-bond acceptors (Lipinski definition) is 2. The molecule has 2 rings (SSSR count). The highest BCUT2D eigenvalue weighted by atomic mass is 16.5. The van der Waals surface area contributed by atoms with Crippen LogP contribution in [0.2, 0.25) is 0 Å². The number of fused-ring (bicyclic) bond motifs is 1. The maximum atomic E-state index is 11.0. The Morgan fingerprint density at radius 1 is 1.19 bits per heavy atom. The highest BCUT2D eigenvalue weighted by molar-refractivity contribution is 5.95. The zero-order valence-electron chi connectivity index (χ0n) is 9.07. The van der Waals surface area contributed by atoms with Crippen molar-refractivity contribution in [3.63, 3.8) is 0 Å². The second kappa shape index (κ2) is 4.19. The van der Waals surface area contributed by atoms with Crippen molar-refractivity contribution in [3.05, 3.63) is 48.5 Å². The number of rotatable bonds is 2. The minimum absolute atomic E-state index is 0.309. The van der Waals surface area contributed by atoms with Crippen molar-refractivity contribution in [2.24, 2.45) is 0 Å². The molecule has 80 valence electrons. The van der Waals surface area contributed by atoms with Gasteiger partial charge in [0.25, 0.3) is 0 Å². The predicted molar refractivity (Wildman–Crippen MR) is 65.3 cm³/mol. The van der Waals surface area contributed by atoms with Crippen molar-refractivity contribution in [1.29, 1.82) is 0 Å². The predicted octanol–water partition coefficient (Wildman–Crippen LogP) is 3.41. The van der Waals surface area contributed by atoms with Gasteiger partial charge in [0.05, 0.1) is 0 Å². The molecule has 0 heterocycles. The van der Waals surface area contributed by atoms with E-state index < -0.39 is 0 Å². The Bertz CT molecular complexity index is 556. The fourth-order valence-corrected chi connectivity index (χ4v) is 1.72. The monoisotopic (exact) mass is 212 g/mol. The van der Waals surface area contributed by atoms with Crippen LogP contribution in [0.15, 0.2) is 43.0 Å². The molecule has 0 spiro atoms. The topological polar surface area (TPSA) is 26.3 Å². The maximum absolute atomic E-state index is 11.0. The van der Waals surface area contributed by atoms with Gasteiger partial charge in [0.15, 0.2) is 0 Å². The summed E-state index contributed by atoms with van der Waals surface area (Å²) in [4.78, 5) is 11.0. The van der Waals surface area contributed by atoms with Crippen LogP contribution >= 0.6 is 0 Å². The summed E-state index contributed by atoms with van der Waals surface area (Å²) in [5.74, 6) is 0.283. The van der Waals surface area contributed by atoms with Gasteiger partial charge in [-0.2, -0.15) is 0 Å². The molecule has 0 saturated carbocycles. The van der Waals surface area contributed by atoms with Gasteiger partial charge in [0.1, 0.15) is 5.75 Å². The number of ether oxygens (including phenoxy) is 1. The van der Waals surface area contributed by atoms with Gasteiger partial charge in [0, 0.05) is 12.3 Å². The zero-order chi connectivity index (χ0) is 11.5. The molecule has 0 aliphatic rings. The van der Waals surface area contributed by atoms with E-state index in [4.69, 9.17) is 4.74 Å².